The molecule has 0 saturated carbocycles. The summed E-state index contributed by atoms with van der Waals surface area (Å²) >= 11 is 0. The van der Waals surface area contributed by atoms with Gasteiger partial charge in [0.15, 0.2) is 0 Å². The first-order valence-electron chi connectivity index (χ1n) is 4.62. The second kappa shape index (κ2) is 9.64. The first kappa shape index (κ1) is 12.6. The molecule has 0 aliphatic carbocycles. The van der Waals surface area contributed by atoms with Crippen molar-refractivity contribution in [3.63, 3.8) is 0 Å². The van der Waals surface area contributed by atoms with Crippen LogP contribution in [-0.2, 0) is 14.3 Å². The normalized spacial score (nSPS) is 10.3. The van der Waals surface area contributed by atoms with Gasteiger partial charge in [-0.05, 0) is 13.3 Å². The molecule has 0 saturated heterocycles. The molecule has 0 radical (unpaired) electrons. The molecule has 0 fully saturated rings. The Morgan fingerprint density at radius 1 is 1.15 bits per heavy atom. The Hall–Kier alpha value is -0.450. The minimum absolute atomic E-state index is 0.211. The maximum absolute atomic E-state index is 10.5. The van der Waals surface area contributed by atoms with Crippen LogP contribution < -0.4 is 5.73 Å². The van der Waals surface area contributed by atoms with E-state index >= 15 is 0 Å². The number of Topliss-reactive ketones (excluding diaryl/α,β-unsaturated/α-hetero) is 1. The zero-order valence-electron chi connectivity index (χ0n) is 8.25. The second-order valence-corrected chi connectivity index (χ2v) is 2.82. The maximum atomic E-state index is 10.5. The second-order valence-electron chi connectivity index (χ2n) is 2.82. The van der Waals surface area contributed by atoms with Crippen molar-refractivity contribution in [2.45, 2.75) is 19.8 Å². The first-order valence-corrected chi connectivity index (χ1v) is 4.62. The van der Waals surface area contributed by atoms with Crippen LogP contribution in [0.2, 0.25) is 0 Å². The highest BCUT2D eigenvalue weighted by atomic mass is 16.5. The van der Waals surface area contributed by atoms with Gasteiger partial charge in [0.1, 0.15) is 5.78 Å². The maximum Gasteiger partial charge on any atom is 0.129 e. The van der Waals surface area contributed by atoms with Gasteiger partial charge in [0, 0.05) is 19.6 Å². The third-order valence-corrected chi connectivity index (χ3v) is 1.45. The molecule has 0 aromatic carbocycles. The minimum Gasteiger partial charge on any atom is -0.379 e. The smallest absolute Gasteiger partial charge is 0.129 e. The third kappa shape index (κ3) is 11.5. The van der Waals surface area contributed by atoms with E-state index in [2.05, 4.69) is 0 Å². The Labute approximate surface area is 79.4 Å². The van der Waals surface area contributed by atoms with E-state index in [1.807, 2.05) is 0 Å². The van der Waals surface area contributed by atoms with Gasteiger partial charge in [0.25, 0.3) is 0 Å². The van der Waals surface area contributed by atoms with Gasteiger partial charge in [0.05, 0.1) is 19.8 Å². The van der Waals surface area contributed by atoms with E-state index in [1.54, 1.807) is 6.92 Å². The topological polar surface area (TPSA) is 61.5 Å². The average Bonchev–Trinajstić information content (AvgIpc) is 2.09. The molecule has 13 heavy (non-hydrogen) atoms. The van der Waals surface area contributed by atoms with Crippen molar-refractivity contribution in [3.05, 3.63) is 0 Å². The highest BCUT2D eigenvalue weighted by Crippen LogP contribution is 1.91. The molecular weight excluding hydrogens is 170 g/mol. The lowest BCUT2D eigenvalue weighted by atomic mass is 10.2. The average molecular weight is 189 g/mol. The Balaban J connectivity index is 2.87. The summed E-state index contributed by atoms with van der Waals surface area (Å²) in [5.74, 6) is 0.211. The molecule has 0 aliphatic rings. The molecule has 4 nitrogen and oxygen atoms in total. The van der Waals surface area contributed by atoms with Crippen molar-refractivity contribution >= 4 is 5.78 Å². The van der Waals surface area contributed by atoms with E-state index in [9.17, 15) is 4.79 Å². The summed E-state index contributed by atoms with van der Waals surface area (Å²) in [6.45, 7) is 4.51. The number of ketones is 1. The largest absolute Gasteiger partial charge is 0.379 e. The van der Waals surface area contributed by atoms with E-state index in [-0.39, 0.29) is 5.78 Å². The van der Waals surface area contributed by atoms with Crippen LogP contribution >= 0.6 is 0 Å². The van der Waals surface area contributed by atoms with Gasteiger partial charge in [0.2, 0.25) is 0 Å². The summed E-state index contributed by atoms with van der Waals surface area (Å²) in [5, 5.41) is 0. The Bertz CT molecular complexity index is 128. The lowest BCUT2D eigenvalue weighted by Gasteiger charge is -2.03. The van der Waals surface area contributed by atoms with Gasteiger partial charge in [-0.15, -0.1) is 0 Å². The molecular formula is C9H19NO3. The van der Waals surface area contributed by atoms with Gasteiger partial charge in [-0.3, -0.25) is 0 Å². The molecule has 0 rings (SSSR count). The van der Waals surface area contributed by atoms with E-state index in [0.29, 0.717) is 39.4 Å². The van der Waals surface area contributed by atoms with Crippen molar-refractivity contribution in [2.75, 3.05) is 33.0 Å². The van der Waals surface area contributed by atoms with Crippen molar-refractivity contribution < 1.29 is 14.3 Å². The Morgan fingerprint density at radius 3 is 2.31 bits per heavy atom. The quantitative estimate of drug-likeness (QED) is 0.531. The van der Waals surface area contributed by atoms with Crippen LogP contribution in [-0.4, -0.2) is 38.8 Å². The van der Waals surface area contributed by atoms with Gasteiger partial charge in [-0.2, -0.15) is 0 Å². The fourth-order valence-corrected chi connectivity index (χ4v) is 0.828. The molecule has 0 aromatic heterocycles. The molecule has 0 spiro atoms. The summed E-state index contributed by atoms with van der Waals surface area (Å²) in [7, 11) is 0. The summed E-state index contributed by atoms with van der Waals surface area (Å²) in [5.41, 5.74) is 5.22. The highest BCUT2D eigenvalue weighted by molar-refractivity contribution is 5.75. The number of carbonyl (C=O) groups is 1. The fraction of sp³-hybridized carbons (Fsp3) is 0.889. The standard InChI is InChI=1S/C9H19NO3/c1-9(11)3-2-5-12-7-8-13-6-4-10/h2-8,10H2,1H3. The minimum atomic E-state index is 0.211. The van der Waals surface area contributed by atoms with Crippen LogP contribution in [0.5, 0.6) is 0 Å². The Morgan fingerprint density at radius 2 is 1.77 bits per heavy atom. The number of ether oxygens (including phenoxy) is 2. The van der Waals surface area contributed by atoms with Gasteiger partial charge >= 0.3 is 0 Å². The van der Waals surface area contributed by atoms with E-state index < -0.39 is 0 Å². The van der Waals surface area contributed by atoms with Crippen LogP contribution in [0.1, 0.15) is 19.8 Å². The molecule has 0 bridgehead atoms. The third-order valence-electron chi connectivity index (χ3n) is 1.45. The molecule has 2 N–H and O–H groups in total. The van der Waals surface area contributed by atoms with Crippen molar-refractivity contribution in [1.82, 2.24) is 0 Å². The van der Waals surface area contributed by atoms with Crippen LogP contribution in [0.25, 0.3) is 0 Å². The SMILES string of the molecule is CC(=O)CCCOCCOCCN. The summed E-state index contributed by atoms with van der Waals surface area (Å²) in [4.78, 5) is 10.5. The van der Waals surface area contributed by atoms with Gasteiger partial charge in [-0.25, -0.2) is 0 Å². The molecule has 0 atom stereocenters. The number of hydrogen-bond donors (Lipinski definition) is 1. The first-order chi connectivity index (χ1) is 6.27. The number of rotatable bonds is 9. The number of nitrogens with two attached hydrogens (primary N) is 1. The van der Waals surface area contributed by atoms with Crippen LogP contribution in [0.3, 0.4) is 0 Å². The zero-order chi connectivity index (χ0) is 9.94. The molecule has 0 unspecified atom stereocenters. The highest BCUT2D eigenvalue weighted by Gasteiger charge is 1.93. The van der Waals surface area contributed by atoms with Crippen molar-refractivity contribution in [3.8, 4) is 0 Å². The van der Waals surface area contributed by atoms with E-state index in [0.717, 1.165) is 6.42 Å². The molecule has 0 aliphatic heterocycles. The van der Waals surface area contributed by atoms with E-state index in [4.69, 9.17) is 15.2 Å². The molecule has 4 heteroatoms. The monoisotopic (exact) mass is 189 g/mol. The summed E-state index contributed by atoms with van der Waals surface area (Å²) < 4.78 is 10.3. The van der Waals surface area contributed by atoms with Gasteiger partial charge < -0.3 is 20.0 Å². The van der Waals surface area contributed by atoms with Crippen LogP contribution in [0, 0.1) is 0 Å². The summed E-state index contributed by atoms with van der Waals surface area (Å²) in [6, 6.07) is 0. The van der Waals surface area contributed by atoms with Crippen LogP contribution in [0.15, 0.2) is 0 Å². The zero-order valence-corrected chi connectivity index (χ0v) is 8.25. The molecule has 0 heterocycles. The van der Waals surface area contributed by atoms with Crippen LogP contribution in [0.4, 0.5) is 0 Å². The molecule has 78 valence electrons. The lowest BCUT2D eigenvalue weighted by Crippen LogP contribution is -2.12. The predicted octanol–water partition coefficient (Wildman–Crippen LogP) is 0.348. The number of hydrogen-bond acceptors (Lipinski definition) is 4. The van der Waals surface area contributed by atoms with Gasteiger partial charge in [-0.1, -0.05) is 0 Å². The predicted molar refractivity (Wildman–Crippen MR) is 50.6 cm³/mol. The number of carbonyl (C=O) groups excluding carboxylic acids is 1. The summed E-state index contributed by atoms with van der Waals surface area (Å²) in [6.07, 6.45) is 1.40. The lowest BCUT2D eigenvalue weighted by molar-refractivity contribution is -0.117. The van der Waals surface area contributed by atoms with Crippen molar-refractivity contribution in [1.29, 1.82) is 0 Å². The molecule has 0 aromatic rings. The Kier molecular flexibility index (Phi) is 9.30. The van der Waals surface area contributed by atoms with Crippen molar-refractivity contribution in [2.24, 2.45) is 5.73 Å². The molecule has 0 amide bonds. The fourth-order valence-electron chi connectivity index (χ4n) is 0.828. The van der Waals surface area contributed by atoms with E-state index in [1.165, 1.54) is 0 Å².